The van der Waals surface area contributed by atoms with Crippen molar-refractivity contribution < 1.29 is 0 Å². The maximum Gasteiger partial charge on any atom is 0.0794 e. The molecule has 0 saturated heterocycles. The molecule has 96 valence electrons. The molecular weight excluding hydrogens is 264 g/mol. The van der Waals surface area contributed by atoms with E-state index in [1.165, 1.54) is 10.4 Å². The van der Waals surface area contributed by atoms with Crippen molar-refractivity contribution in [2.45, 2.75) is 32.4 Å². The fourth-order valence-electron chi connectivity index (χ4n) is 1.97. The standard InChI is InChI=1S/C14H17ClN2S/c1-3-13(11-4-6-12(15)7-5-11)17-10(2)14-8-16-9-18-14/h4-10,13,17H,3H2,1-2H3. The first-order valence-corrected chi connectivity index (χ1v) is 7.36. The number of halogens is 1. The number of hydrogen-bond acceptors (Lipinski definition) is 3. The van der Waals surface area contributed by atoms with Crippen molar-refractivity contribution in [1.82, 2.24) is 10.3 Å². The molecule has 1 aromatic heterocycles. The summed E-state index contributed by atoms with van der Waals surface area (Å²) in [7, 11) is 0. The van der Waals surface area contributed by atoms with Crippen LogP contribution >= 0.6 is 22.9 Å². The van der Waals surface area contributed by atoms with Crippen LogP contribution in [0.3, 0.4) is 0 Å². The minimum absolute atomic E-state index is 0.318. The van der Waals surface area contributed by atoms with Crippen molar-refractivity contribution >= 4 is 22.9 Å². The smallest absolute Gasteiger partial charge is 0.0794 e. The van der Waals surface area contributed by atoms with Crippen molar-refractivity contribution in [3.8, 4) is 0 Å². The van der Waals surface area contributed by atoms with Gasteiger partial charge in [0.25, 0.3) is 0 Å². The van der Waals surface area contributed by atoms with E-state index in [1.807, 2.05) is 23.8 Å². The molecule has 0 aliphatic rings. The highest BCUT2D eigenvalue weighted by Gasteiger charge is 2.14. The molecule has 0 fully saturated rings. The molecule has 0 spiro atoms. The molecule has 4 heteroatoms. The number of rotatable bonds is 5. The Morgan fingerprint density at radius 1 is 1.33 bits per heavy atom. The van der Waals surface area contributed by atoms with Crippen molar-refractivity contribution in [2.75, 3.05) is 0 Å². The summed E-state index contributed by atoms with van der Waals surface area (Å²) in [5.74, 6) is 0. The SMILES string of the molecule is CCC(NC(C)c1cncs1)c1ccc(Cl)cc1. The summed E-state index contributed by atoms with van der Waals surface area (Å²) in [5, 5.41) is 4.41. The van der Waals surface area contributed by atoms with E-state index < -0.39 is 0 Å². The maximum absolute atomic E-state index is 5.92. The number of nitrogens with one attached hydrogen (secondary N) is 1. The van der Waals surface area contributed by atoms with Crippen LogP contribution in [0.5, 0.6) is 0 Å². The molecule has 2 nitrogen and oxygen atoms in total. The van der Waals surface area contributed by atoms with Crippen LogP contribution in [-0.2, 0) is 0 Å². The van der Waals surface area contributed by atoms with Crippen LogP contribution in [0, 0.1) is 0 Å². The first-order valence-electron chi connectivity index (χ1n) is 6.10. The second kappa shape index (κ2) is 6.32. The minimum Gasteiger partial charge on any atom is -0.303 e. The summed E-state index contributed by atoms with van der Waals surface area (Å²) in [6, 6.07) is 8.72. The quantitative estimate of drug-likeness (QED) is 0.866. The van der Waals surface area contributed by atoms with Gasteiger partial charge < -0.3 is 5.32 Å². The molecule has 0 aliphatic heterocycles. The predicted molar refractivity (Wildman–Crippen MR) is 78.1 cm³/mol. The fourth-order valence-corrected chi connectivity index (χ4v) is 2.73. The molecule has 2 rings (SSSR count). The molecule has 0 amide bonds. The van der Waals surface area contributed by atoms with E-state index in [-0.39, 0.29) is 0 Å². The summed E-state index contributed by atoms with van der Waals surface area (Å²) in [6.07, 6.45) is 2.97. The molecule has 0 radical (unpaired) electrons. The zero-order chi connectivity index (χ0) is 13.0. The number of benzene rings is 1. The van der Waals surface area contributed by atoms with Gasteiger partial charge in [-0.15, -0.1) is 11.3 Å². The van der Waals surface area contributed by atoms with E-state index in [0.717, 1.165) is 11.4 Å². The molecule has 0 bridgehead atoms. The molecule has 2 unspecified atom stereocenters. The van der Waals surface area contributed by atoms with E-state index in [2.05, 4.69) is 36.3 Å². The Balaban J connectivity index is 2.07. The number of nitrogens with zero attached hydrogens (tertiary/aromatic N) is 1. The zero-order valence-corrected chi connectivity index (χ0v) is 12.1. The van der Waals surface area contributed by atoms with Crippen LogP contribution in [-0.4, -0.2) is 4.98 Å². The van der Waals surface area contributed by atoms with Crippen LogP contribution in [0.2, 0.25) is 5.02 Å². The van der Waals surface area contributed by atoms with Gasteiger partial charge in [0, 0.05) is 28.2 Å². The number of thiazole rings is 1. The van der Waals surface area contributed by atoms with Gasteiger partial charge in [-0.05, 0) is 31.0 Å². The average Bonchev–Trinajstić information content (AvgIpc) is 2.91. The molecule has 0 aliphatic carbocycles. The summed E-state index contributed by atoms with van der Waals surface area (Å²) >= 11 is 7.61. The molecule has 2 aromatic rings. The van der Waals surface area contributed by atoms with Crippen LogP contribution in [0.15, 0.2) is 36.0 Å². The summed E-state index contributed by atoms with van der Waals surface area (Å²) in [6.45, 7) is 4.36. The van der Waals surface area contributed by atoms with Gasteiger partial charge in [0.05, 0.1) is 5.51 Å². The van der Waals surface area contributed by atoms with Gasteiger partial charge in [0.15, 0.2) is 0 Å². The molecule has 0 saturated carbocycles. The highest BCUT2D eigenvalue weighted by atomic mass is 35.5. The lowest BCUT2D eigenvalue weighted by atomic mass is 10.0. The second-order valence-corrected chi connectivity index (χ2v) is 5.66. The summed E-state index contributed by atoms with van der Waals surface area (Å²) in [4.78, 5) is 5.39. The van der Waals surface area contributed by atoms with Gasteiger partial charge in [-0.1, -0.05) is 30.7 Å². The van der Waals surface area contributed by atoms with Gasteiger partial charge in [-0.2, -0.15) is 0 Å². The monoisotopic (exact) mass is 280 g/mol. The summed E-state index contributed by atoms with van der Waals surface area (Å²) in [5.41, 5.74) is 3.15. The normalized spacial score (nSPS) is 14.4. The van der Waals surface area contributed by atoms with E-state index in [9.17, 15) is 0 Å². The lowest BCUT2D eigenvalue weighted by Gasteiger charge is -2.22. The van der Waals surface area contributed by atoms with E-state index in [0.29, 0.717) is 12.1 Å². The Bertz CT molecular complexity index is 467. The van der Waals surface area contributed by atoms with Gasteiger partial charge in [-0.3, -0.25) is 4.98 Å². The molecule has 1 heterocycles. The topological polar surface area (TPSA) is 24.9 Å². The lowest BCUT2D eigenvalue weighted by molar-refractivity contribution is 0.460. The minimum atomic E-state index is 0.318. The number of aromatic nitrogens is 1. The maximum atomic E-state index is 5.92. The molecular formula is C14H17ClN2S. The Morgan fingerprint density at radius 3 is 2.61 bits per heavy atom. The van der Waals surface area contributed by atoms with Crippen molar-refractivity contribution in [3.63, 3.8) is 0 Å². The summed E-state index contributed by atoms with van der Waals surface area (Å²) < 4.78 is 0. The zero-order valence-electron chi connectivity index (χ0n) is 10.6. The van der Waals surface area contributed by atoms with Gasteiger partial charge in [0.1, 0.15) is 0 Å². The van der Waals surface area contributed by atoms with Gasteiger partial charge >= 0.3 is 0 Å². The number of hydrogen-bond donors (Lipinski definition) is 1. The Kier molecular flexibility index (Phi) is 4.75. The van der Waals surface area contributed by atoms with Crippen LogP contribution < -0.4 is 5.32 Å². The highest BCUT2D eigenvalue weighted by molar-refractivity contribution is 7.09. The van der Waals surface area contributed by atoms with Crippen molar-refractivity contribution in [2.24, 2.45) is 0 Å². The van der Waals surface area contributed by atoms with E-state index in [1.54, 1.807) is 11.3 Å². The first-order chi connectivity index (χ1) is 8.70. The van der Waals surface area contributed by atoms with Gasteiger partial charge in [-0.25, -0.2) is 0 Å². The third kappa shape index (κ3) is 3.31. The third-order valence-electron chi connectivity index (χ3n) is 3.01. The lowest BCUT2D eigenvalue weighted by Crippen LogP contribution is -2.23. The van der Waals surface area contributed by atoms with Gasteiger partial charge in [0.2, 0.25) is 0 Å². The average molecular weight is 281 g/mol. The van der Waals surface area contributed by atoms with Crippen LogP contribution in [0.25, 0.3) is 0 Å². The highest BCUT2D eigenvalue weighted by Crippen LogP contribution is 2.24. The Labute approximate surface area is 117 Å². The third-order valence-corrected chi connectivity index (χ3v) is 4.22. The van der Waals surface area contributed by atoms with Crippen LogP contribution in [0.4, 0.5) is 0 Å². The molecule has 2 atom stereocenters. The van der Waals surface area contributed by atoms with Crippen molar-refractivity contribution in [1.29, 1.82) is 0 Å². The molecule has 1 N–H and O–H groups in total. The van der Waals surface area contributed by atoms with E-state index >= 15 is 0 Å². The predicted octanol–water partition coefficient (Wildman–Crippen LogP) is 4.60. The first kappa shape index (κ1) is 13.5. The Hall–Kier alpha value is -0.900. The molecule has 1 aromatic carbocycles. The fraction of sp³-hybridized carbons (Fsp3) is 0.357. The van der Waals surface area contributed by atoms with Crippen molar-refractivity contribution in [3.05, 3.63) is 51.4 Å². The molecule has 18 heavy (non-hydrogen) atoms. The largest absolute Gasteiger partial charge is 0.303 e. The van der Waals surface area contributed by atoms with E-state index in [4.69, 9.17) is 11.6 Å². The van der Waals surface area contributed by atoms with Crippen LogP contribution in [0.1, 0.15) is 42.8 Å². The Morgan fingerprint density at radius 2 is 2.06 bits per heavy atom. The second-order valence-electron chi connectivity index (χ2n) is 4.30.